The van der Waals surface area contributed by atoms with Gasteiger partial charge in [-0.25, -0.2) is 4.89 Å². The maximum atomic E-state index is 8.58. The summed E-state index contributed by atoms with van der Waals surface area (Å²) >= 11 is 0. The first-order valence-corrected chi connectivity index (χ1v) is 0.742. The SMILES string of the molecule is COO[O-].[Na+]. The fraction of sp³-hybridized carbons (Fsp3) is 1.00. The van der Waals surface area contributed by atoms with E-state index in [9.17, 15) is 0 Å². The van der Waals surface area contributed by atoms with Crippen molar-refractivity contribution in [3.05, 3.63) is 0 Å². The van der Waals surface area contributed by atoms with Gasteiger partial charge >= 0.3 is 29.6 Å². The molecule has 0 unspecified atom stereocenters. The van der Waals surface area contributed by atoms with Gasteiger partial charge in [-0.15, -0.1) is 0 Å². The van der Waals surface area contributed by atoms with E-state index < -0.39 is 0 Å². The van der Waals surface area contributed by atoms with Crippen LogP contribution >= 0.6 is 0 Å². The molecule has 0 aromatic heterocycles. The Morgan fingerprint density at radius 2 is 1.80 bits per heavy atom. The summed E-state index contributed by atoms with van der Waals surface area (Å²) in [6, 6.07) is 0. The van der Waals surface area contributed by atoms with Crippen LogP contribution in [0.15, 0.2) is 0 Å². The van der Waals surface area contributed by atoms with Gasteiger partial charge in [-0.2, -0.15) is 0 Å². The van der Waals surface area contributed by atoms with Crippen molar-refractivity contribution in [2.45, 2.75) is 0 Å². The normalized spacial score (nSPS) is 6.00. The van der Waals surface area contributed by atoms with Crippen molar-refractivity contribution in [3.8, 4) is 0 Å². The van der Waals surface area contributed by atoms with Gasteiger partial charge in [-0.3, -0.25) is 5.04 Å². The van der Waals surface area contributed by atoms with E-state index in [1.54, 1.807) is 0 Å². The Balaban J connectivity index is 0. The van der Waals surface area contributed by atoms with E-state index in [0.29, 0.717) is 0 Å². The largest absolute Gasteiger partial charge is 1.00 e. The van der Waals surface area contributed by atoms with E-state index in [4.69, 9.17) is 5.26 Å². The second-order valence-corrected chi connectivity index (χ2v) is 0.235. The molecule has 0 fully saturated rings. The Labute approximate surface area is 52.0 Å². The summed E-state index contributed by atoms with van der Waals surface area (Å²) in [7, 11) is 1.15. The molecule has 0 aliphatic heterocycles. The Hall–Kier alpha value is 0.880. The van der Waals surface area contributed by atoms with Gasteiger partial charge in [0, 0.05) is 0 Å². The third kappa shape index (κ3) is 11.5. The van der Waals surface area contributed by atoms with Gasteiger partial charge < -0.3 is 5.26 Å². The Morgan fingerprint density at radius 3 is 1.80 bits per heavy atom. The van der Waals surface area contributed by atoms with E-state index in [1.165, 1.54) is 0 Å². The van der Waals surface area contributed by atoms with Crippen LogP contribution in [0.3, 0.4) is 0 Å². The Kier molecular flexibility index (Phi) is 16.5. The van der Waals surface area contributed by atoms with Crippen LogP contribution in [-0.4, -0.2) is 7.11 Å². The zero-order chi connectivity index (χ0) is 3.41. The van der Waals surface area contributed by atoms with E-state index in [2.05, 4.69) is 9.93 Å². The minimum Gasteiger partial charge on any atom is -0.692 e. The molecule has 0 atom stereocenters. The first kappa shape index (κ1) is 9.30. The first-order valence-electron chi connectivity index (χ1n) is 0.742. The summed E-state index contributed by atoms with van der Waals surface area (Å²) < 4.78 is 0. The van der Waals surface area contributed by atoms with E-state index >= 15 is 0 Å². The maximum absolute atomic E-state index is 8.58. The summed E-state index contributed by atoms with van der Waals surface area (Å²) in [6.07, 6.45) is 0. The number of hydrogen-bond donors (Lipinski definition) is 0. The first-order chi connectivity index (χ1) is 1.91. The molecule has 4 heteroatoms. The van der Waals surface area contributed by atoms with Crippen molar-refractivity contribution in [2.24, 2.45) is 0 Å². The molecule has 3 nitrogen and oxygen atoms in total. The summed E-state index contributed by atoms with van der Waals surface area (Å²) in [6.45, 7) is 0. The fourth-order valence-electron chi connectivity index (χ4n) is 0. The second-order valence-electron chi connectivity index (χ2n) is 0.235. The third-order valence-electron chi connectivity index (χ3n) is 0.0680. The number of hydrogen-bond acceptors (Lipinski definition) is 3. The smallest absolute Gasteiger partial charge is 0.692 e. The molecule has 26 valence electrons. The second kappa shape index (κ2) is 8.86. The van der Waals surface area contributed by atoms with Gasteiger partial charge in [0.25, 0.3) is 0 Å². The van der Waals surface area contributed by atoms with Crippen molar-refractivity contribution in [3.63, 3.8) is 0 Å². The maximum Gasteiger partial charge on any atom is 1.00 e. The van der Waals surface area contributed by atoms with Crippen LogP contribution in [0.2, 0.25) is 0 Å². The zero-order valence-electron chi connectivity index (χ0n) is 3.22. The molecule has 0 aliphatic carbocycles. The fourth-order valence-corrected chi connectivity index (χ4v) is 0. The van der Waals surface area contributed by atoms with Gasteiger partial charge in [0.1, 0.15) is 0 Å². The molecule has 0 aliphatic rings. The minimum absolute atomic E-state index is 0. The van der Waals surface area contributed by atoms with Crippen LogP contribution in [0, 0.1) is 0 Å². The summed E-state index contributed by atoms with van der Waals surface area (Å²) in [5.41, 5.74) is 0. The van der Waals surface area contributed by atoms with Crippen LogP contribution in [0.25, 0.3) is 0 Å². The number of rotatable bonds is 1. The predicted octanol–water partition coefficient (Wildman–Crippen LogP) is -4.16. The Bertz CT molecular complexity index is 8.85. The minimum atomic E-state index is 0. The molecule has 0 saturated heterocycles. The molecular weight excluding hydrogens is 83.0 g/mol. The quantitative estimate of drug-likeness (QED) is 0.185. The molecule has 0 saturated carbocycles. The van der Waals surface area contributed by atoms with Crippen molar-refractivity contribution in [1.29, 1.82) is 0 Å². The zero-order valence-corrected chi connectivity index (χ0v) is 5.22. The van der Waals surface area contributed by atoms with E-state index in [-0.39, 0.29) is 29.6 Å². The van der Waals surface area contributed by atoms with Gasteiger partial charge in [-0.1, -0.05) is 0 Å². The van der Waals surface area contributed by atoms with Crippen LogP contribution in [0.4, 0.5) is 0 Å². The van der Waals surface area contributed by atoms with Gasteiger partial charge in [0.15, 0.2) is 0 Å². The van der Waals surface area contributed by atoms with Crippen molar-refractivity contribution < 1.29 is 44.7 Å². The average Bonchev–Trinajstić information content (AvgIpc) is 1.37. The Morgan fingerprint density at radius 1 is 1.60 bits per heavy atom. The van der Waals surface area contributed by atoms with Gasteiger partial charge in [-0.05, 0) is 0 Å². The summed E-state index contributed by atoms with van der Waals surface area (Å²) in [5.74, 6) is 0. The molecule has 0 heterocycles. The molecular formula is CH3NaO3. The molecule has 0 aromatic rings. The van der Waals surface area contributed by atoms with Gasteiger partial charge in [0.05, 0.1) is 7.11 Å². The van der Waals surface area contributed by atoms with Crippen LogP contribution in [0.1, 0.15) is 0 Å². The molecule has 5 heavy (non-hydrogen) atoms. The van der Waals surface area contributed by atoms with E-state index in [0.717, 1.165) is 7.11 Å². The van der Waals surface area contributed by atoms with Crippen molar-refractivity contribution in [2.75, 3.05) is 7.11 Å². The van der Waals surface area contributed by atoms with Gasteiger partial charge in [0.2, 0.25) is 0 Å². The summed E-state index contributed by atoms with van der Waals surface area (Å²) in [4.78, 5) is 3.49. The van der Waals surface area contributed by atoms with Crippen LogP contribution < -0.4 is 34.8 Å². The third-order valence-corrected chi connectivity index (χ3v) is 0.0680. The van der Waals surface area contributed by atoms with Crippen molar-refractivity contribution >= 4 is 0 Å². The molecule has 0 N–H and O–H groups in total. The van der Waals surface area contributed by atoms with Crippen LogP contribution in [0.5, 0.6) is 0 Å². The molecule has 0 spiro atoms. The molecule has 0 bridgehead atoms. The molecule has 0 amide bonds. The average molecular weight is 86.0 g/mol. The molecule has 0 radical (unpaired) electrons. The van der Waals surface area contributed by atoms with Crippen LogP contribution in [-0.2, 0) is 9.93 Å². The standard InChI is InChI=1S/CH4O3.Na/c1-3-4-2;/h2H,1H3;/q;+1/p-1. The molecule has 0 aromatic carbocycles. The monoisotopic (exact) mass is 86.0 g/mol. The van der Waals surface area contributed by atoms with E-state index in [1.807, 2.05) is 0 Å². The summed E-state index contributed by atoms with van der Waals surface area (Å²) in [5, 5.41) is 11.4. The molecule has 0 rings (SSSR count). The van der Waals surface area contributed by atoms with Crippen molar-refractivity contribution in [1.82, 2.24) is 0 Å². The topological polar surface area (TPSA) is 41.5 Å². The predicted molar refractivity (Wildman–Crippen MR) is 8.09 cm³/mol.